The van der Waals surface area contributed by atoms with Gasteiger partial charge in [-0.15, -0.1) is 5.10 Å². The van der Waals surface area contributed by atoms with Crippen LogP contribution in [0.15, 0.2) is 16.5 Å². The molecular weight excluding hydrogens is 524 g/mol. The number of nitrogens with one attached hydrogen (secondary N) is 2. The van der Waals surface area contributed by atoms with Gasteiger partial charge in [0.2, 0.25) is 5.89 Å². The van der Waals surface area contributed by atoms with E-state index in [4.69, 9.17) is 25.5 Å². The van der Waals surface area contributed by atoms with Crippen LogP contribution in [0.3, 0.4) is 0 Å². The molecule has 2 amide bonds. The van der Waals surface area contributed by atoms with Crippen molar-refractivity contribution in [2.24, 2.45) is 0 Å². The van der Waals surface area contributed by atoms with Crippen LogP contribution in [0.2, 0.25) is 5.02 Å². The molecular formula is C27H41ClN6O5. The van der Waals surface area contributed by atoms with E-state index < -0.39 is 17.7 Å². The standard InChI is InChI=1S/C27H41ClN6O5/c1-9-21(30-25(35)39-27(6,7)8)23-31-32-24(38-23)29-22-13-20(28)12-19(18(22)5)15-33-10-11-34(17(4)14-33)26(36)37-16(2)3/h12-13,16-17,21H,9-11,14-15H2,1-8H3,(H,29,32)(H,30,35)/t17-,21?/m0/s1. The molecule has 0 saturated carbocycles. The monoisotopic (exact) mass is 564 g/mol. The highest BCUT2D eigenvalue weighted by Gasteiger charge is 2.29. The van der Waals surface area contributed by atoms with E-state index in [0.29, 0.717) is 24.5 Å². The number of aromatic nitrogens is 2. The van der Waals surface area contributed by atoms with E-state index in [1.54, 1.807) is 25.7 Å². The fraction of sp³-hybridized carbons (Fsp3) is 0.630. The lowest BCUT2D eigenvalue weighted by molar-refractivity contribution is 0.0348. The second kappa shape index (κ2) is 12.9. The number of amides is 2. The van der Waals surface area contributed by atoms with Crippen LogP contribution in [0.1, 0.15) is 77.9 Å². The highest BCUT2D eigenvalue weighted by atomic mass is 35.5. The normalized spacial score (nSPS) is 17.2. The number of benzene rings is 1. The maximum atomic E-state index is 12.4. The zero-order chi connectivity index (χ0) is 28.9. The van der Waals surface area contributed by atoms with Crippen molar-refractivity contribution in [3.05, 3.63) is 34.2 Å². The van der Waals surface area contributed by atoms with Crippen LogP contribution >= 0.6 is 11.6 Å². The highest BCUT2D eigenvalue weighted by Crippen LogP contribution is 2.29. The number of anilines is 2. The summed E-state index contributed by atoms with van der Waals surface area (Å²) in [6, 6.07) is 3.49. The molecule has 3 rings (SSSR count). The van der Waals surface area contributed by atoms with Crippen LogP contribution in [-0.2, 0) is 16.0 Å². The van der Waals surface area contributed by atoms with Gasteiger partial charge in [-0.3, -0.25) is 4.90 Å². The van der Waals surface area contributed by atoms with Gasteiger partial charge in [-0.1, -0.05) is 23.6 Å². The molecule has 12 heteroatoms. The van der Waals surface area contributed by atoms with Crippen LogP contribution in [0, 0.1) is 6.92 Å². The molecule has 0 aliphatic carbocycles. The van der Waals surface area contributed by atoms with Crippen LogP contribution in [0.25, 0.3) is 0 Å². The fourth-order valence-corrected chi connectivity index (χ4v) is 4.56. The molecule has 39 heavy (non-hydrogen) atoms. The highest BCUT2D eigenvalue weighted by molar-refractivity contribution is 6.31. The van der Waals surface area contributed by atoms with Gasteiger partial charge in [0.25, 0.3) is 0 Å². The number of carbonyl (C=O) groups excluding carboxylic acids is 2. The van der Waals surface area contributed by atoms with Crippen molar-refractivity contribution in [1.82, 2.24) is 25.3 Å². The van der Waals surface area contributed by atoms with Gasteiger partial charge in [0.15, 0.2) is 0 Å². The third-order valence-corrected chi connectivity index (χ3v) is 6.45. The molecule has 2 aromatic rings. The van der Waals surface area contributed by atoms with Gasteiger partial charge in [0.1, 0.15) is 11.6 Å². The Morgan fingerprint density at radius 2 is 1.95 bits per heavy atom. The Morgan fingerprint density at radius 1 is 1.23 bits per heavy atom. The molecule has 1 saturated heterocycles. The minimum absolute atomic E-state index is 0.0275. The second-order valence-electron chi connectivity index (χ2n) is 11.1. The largest absolute Gasteiger partial charge is 0.447 e. The number of hydrogen-bond donors (Lipinski definition) is 2. The molecule has 1 aliphatic rings. The van der Waals surface area contributed by atoms with Crippen molar-refractivity contribution in [1.29, 1.82) is 0 Å². The molecule has 216 valence electrons. The number of nitrogens with zero attached hydrogens (tertiary/aromatic N) is 4. The Balaban J connectivity index is 1.67. The smallest absolute Gasteiger partial charge is 0.410 e. The summed E-state index contributed by atoms with van der Waals surface area (Å²) in [6.07, 6.45) is -0.425. The number of alkyl carbamates (subject to hydrolysis) is 1. The zero-order valence-electron chi connectivity index (χ0n) is 24.1. The summed E-state index contributed by atoms with van der Waals surface area (Å²) >= 11 is 6.48. The number of carbonyl (C=O) groups is 2. The maximum Gasteiger partial charge on any atom is 0.410 e. The number of rotatable bonds is 8. The van der Waals surface area contributed by atoms with E-state index in [2.05, 4.69) is 25.7 Å². The van der Waals surface area contributed by atoms with Gasteiger partial charge in [-0.25, -0.2) is 9.59 Å². The zero-order valence-corrected chi connectivity index (χ0v) is 24.9. The molecule has 1 aliphatic heterocycles. The van der Waals surface area contributed by atoms with Crippen molar-refractivity contribution in [2.45, 2.75) is 92.1 Å². The molecule has 1 fully saturated rings. The van der Waals surface area contributed by atoms with Crippen molar-refractivity contribution in [3.63, 3.8) is 0 Å². The van der Waals surface area contributed by atoms with Crippen molar-refractivity contribution in [2.75, 3.05) is 25.0 Å². The summed E-state index contributed by atoms with van der Waals surface area (Å²) in [5.74, 6) is 0.272. The molecule has 2 atom stereocenters. The number of ether oxygens (including phenoxy) is 2. The van der Waals surface area contributed by atoms with Crippen LogP contribution in [-0.4, -0.2) is 69.6 Å². The van der Waals surface area contributed by atoms with Crippen molar-refractivity contribution in [3.8, 4) is 0 Å². The van der Waals surface area contributed by atoms with Gasteiger partial charge in [-0.2, -0.15) is 0 Å². The predicted molar refractivity (Wildman–Crippen MR) is 149 cm³/mol. The molecule has 2 heterocycles. The molecule has 2 N–H and O–H groups in total. The average Bonchev–Trinajstić information content (AvgIpc) is 3.27. The summed E-state index contributed by atoms with van der Waals surface area (Å²) < 4.78 is 16.5. The fourth-order valence-electron chi connectivity index (χ4n) is 4.32. The quantitative estimate of drug-likeness (QED) is 0.409. The molecule has 1 aromatic heterocycles. The van der Waals surface area contributed by atoms with E-state index in [-0.39, 0.29) is 30.1 Å². The van der Waals surface area contributed by atoms with Crippen LogP contribution < -0.4 is 10.6 Å². The maximum absolute atomic E-state index is 12.4. The first kappa shape index (κ1) is 30.5. The third kappa shape index (κ3) is 8.72. The topological polar surface area (TPSA) is 122 Å². The van der Waals surface area contributed by atoms with Gasteiger partial charge >= 0.3 is 18.2 Å². The van der Waals surface area contributed by atoms with Gasteiger partial charge in [0, 0.05) is 42.9 Å². The Hall–Kier alpha value is -3.05. The first-order valence-electron chi connectivity index (χ1n) is 13.3. The van der Waals surface area contributed by atoms with Crippen molar-refractivity contribution < 1.29 is 23.5 Å². The first-order valence-corrected chi connectivity index (χ1v) is 13.7. The second-order valence-corrected chi connectivity index (χ2v) is 11.6. The lowest BCUT2D eigenvalue weighted by atomic mass is 10.0. The van der Waals surface area contributed by atoms with E-state index >= 15 is 0 Å². The predicted octanol–water partition coefficient (Wildman–Crippen LogP) is 5.80. The lowest BCUT2D eigenvalue weighted by Gasteiger charge is -2.39. The van der Waals surface area contributed by atoms with Gasteiger partial charge < -0.3 is 29.4 Å². The SMILES string of the molecule is CCC(NC(=O)OC(C)(C)C)c1nnc(Nc2cc(Cl)cc(CN3CCN(C(=O)OC(C)C)[C@@H](C)C3)c2C)o1. The lowest BCUT2D eigenvalue weighted by Crippen LogP contribution is -2.54. The molecule has 0 bridgehead atoms. The van der Waals surface area contributed by atoms with Crippen LogP contribution in [0.5, 0.6) is 0 Å². The Labute approximate surface area is 235 Å². The molecule has 0 radical (unpaired) electrons. The van der Waals surface area contributed by atoms with Gasteiger partial charge in [-0.05, 0) is 78.1 Å². The first-order chi connectivity index (χ1) is 18.3. The number of piperazine rings is 1. The van der Waals surface area contributed by atoms with E-state index in [9.17, 15) is 9.59 Å². The number of hydrogen-bond acceptors (Lipinski definition) is 9. The summed E-state index contributed by atoms with van der Waals surface area (Å²) in [5, 5.41) is 14.7. The van der Waals surface area contributed by atoms with Crippen LogP contribution in [0.4, 0.5) is 21.3 Å². The average molecular weight is 565 g/mol. The Morgan fingerprint density at radius 3 is 2.56 bits per heavy atom. The summed E-state index contributed by atoms with van der Waals surface area (Å²) in [5.41, 5.74) is 2.17. The minimum atomic E-state index is -0.614. The molecule has 1 unspecified atom stereocenters. The summed E-state index contributed by atoms with van der Waals surface area (Å²) in [7, 11) is 0. The number of halogens is 1. The van der Waals surface area contributed by atoms with Gasteiger partial charge in [0.05, 0.1) is 6.10 Å². The Kier molecular flexibility index (Phi) is 10.1. The summed E-state index contributed by atoms with van der Waals surface area (Å²) in [6.45, 7) is 17.8. The molecule has 1 aromatic carbocycles. The Bertz CT molecular complexity index is 1150. The van der Waals surface area contributed by atoms with E-state index in [1.165, 1.54) is 0 Å². The third-order valence-electron chi connectivity index (χ3n) is 6.24. The molecule has 0 spiro atoms. The van der Waals surface area contributed by atoms with Crippen molar-refractivity contribution >= 4 is 35.5 Å². The molecule has 11 nitrogen and oxygen atoms in total. The van der Waals surface area contributed by atoms with E-state index in [1.807, 2.05) is 46.8 Å². The summed E-state index contributed by atoms with van der Waals surface area (Å²) in [4.78, 5) is 28.7. The van der Waals surface area contributed by atoms with E-state index in [0.717, 1.165) is 29.9 Å². The minimum Gasteiger partial charge on any atom is -0.447 e.